The van der Waals surface area contributed by atoms with Crippen molar-refractivity contribution in [3.63, 3.8) is 0 Å². The summed E-state index contributed by atoms with van der Waals surface area (Å²) in [6.07, 6.45) is 0.592. The van der Waals surface area contributed by atoms with E-state index >= 15 is 0 Å². The number of hydrazone groups is 1. The van der Waals surface area contributed by atoms with Crippen LogP contribution in [-0.4, -0.2) is 56.4 Å². The first-order chi connectivity index (χ1) is 16.9. The first-order valence-electron chi connectivity index (χ1n) is 11.1. The molecule has 1 aromatic heterocycles. The summed E-state index contributed by atoms with van der Waals surface area (Å²) in [4.78, 5) is 16.3. The third-order valence-electron chi connectivity index (χ3n) is 5.84. The molecule has 0 spiro atoms. The number of carbonyl (C=O) groups excluding carboxylic acids is 1. The highest BCUT2D eigenvalue weighted by molar-refractivity contribution is 7.12. The third kappa shape index (κ3) is 5.47. The fourth-order valence-electron chi connectivity index (χ4n) is 4.13. The van der Waals surface area contributed by atoms with E-state index in [0.717, 1.165) is 21.7 Å². The van der Waals surface area contributed by atoms with Crippen molar-refractivity contribution in [3.8, 4) is 17.2 Å². The zero-order valence-electron chi connectivity index (χ0n) is 20.2. The molecule has 0 saturated heterocycles. The molecule has 35 heavy (non-hydrogen) atoms. The van der Waals surface area contributed by atoms with Gasteiger partial charge in [0.1, 0.15) is 0 Å². The van der Waals surface area contributed by atoms with E-state index in [1.54, 1.807) is 42.7 Å². The van der Waals surface area contributed by atoms with Crippen molar-refractivity contribution < 1.29 is 23.4 Å². The van der Waals surface area contributed by atoms with Gasteiger partial charge in [-0.05, 0) is 53.9 Å². The fourth-order valence-corrected chi connectivity index (χ4v) is 4.85. The van der Waals surface area contributed by atoms with Crippen LogP contribution in [0.5, 0.6) is 17.2 Å². The topological polar surface area (TPSA) is 63.6 Å². The lowest BCUT2D eigenvalue weighted by Crippen LogP contribution is -2.36. The van der Waals surface area contributed by atoms with Gasteiger partial charge in [-0.25, -0.2) is 9.40 Å². The minimum absolute atomic E-state index is 0.124. The average molecular weight is 498 g/mol. The number of carbonyl (C=O) groups is 1. The number of nitrogens with zero attached hydrogens (tertiary/aromatic N) is 3. The van der Waals surface area contributed by atoms with E-state index in [4.69, 9.17) is 19.3 Å². The first kappa shape index (κ1) is 24.7. The molecule has 0 radical (unpaired) electrons. The number of hydrogen-bond acceptors (Lipinski definition) is 7. The Morgan fingerprint density at radius 3 is 2.49 bits per heavy atom. The van der Waals surface area contributed by atoms with E-state index in [2.05, 4.69) is 0 Å². The highest BCUT2D eigenvalue weighted by Gasteiger charge is 2.34. The lowest BCUT2D eigenvalue weighted by Gasteiger charge is -2.25. The molecule has 0 aliphatic carbocycles. The van der Waals surface area contributed by atoms with Crippen LogP contribution in [0.15, 0.2) is 59.0 Å². The second kappa shape index (κ2) is 10.9. The molecule has 1 amide bonds. The third-order valence-corrected chi connectivity index (χ3v) is 6.76. The summed E-state index contributed by atoms with van der Waals surface area (Å²) in [5.41, 5.74) is 2.53. The SMILES string of the molecule is COc1ccc(CN(C)CC(=O)N2N=C(c3cccs3)CC2c2ccc(OC)c(OC)c2)cc1F. The van der Waals surface area contributed by atoms with Gasteiger partial charge in [-0.1, -0.05) is 18.2 Å². The average Bonchev–Trinajstić information content (AvgIpc) is 3.54. The summed E-state index contributed by atoms with van der Waals surface area (Å²) in [5, 5.41) is 8.27. The van der Waals surface area contributed by atoms with Crippen LogP contribution in [0.4, 0.5) is 4.39 Å². The van der Waals surface area contributed by atoms with Gasteiger partial charge < -0.3 is 14.2 Å². The maximum absolute atomic E-state index is 14.1. The number of ether oxygens (including phenoxy) is 3. The van der Waals surface area contributed by atoms with Crippen molar-refractivity contribution in [2.24, 2.45) is 5.10 Å². The number of methoxy groups -OCH3 is 3. The Balaban J connectivity index is 1.55. The molecule has 0 N–H and O–H groups in total. The molecule has 1 atom stereocenters. The van der Waals surface area contributed by atoms with Gasteiger partial charge in [0, 0.05) is 13.0 Å². The van der Waals surface area contributed by atoms with Gasteiger partial charge in [-0.15, -0.1) is 11.3 Å². The number of thiophene rings is 1. The summed E-state index contributed by atoms with van der Waals surface area (Å²) in [5.74, 6) is 0.840. The molecule has 0 bridgehead atoms. The van der Waals surface area contributed by atoms with Crippen molar-refractivity contribution >= 4 is 23.0 Å². The maximum atomic E-state index is 14.1. The van der Waals surface area contributed by atoms with Gasteiger partial charge >= 0.3 is 0 Å². The smallest absolute Gasteiger partial charge is 0.257 e. The van der Waals surface area contributed by atoms with E-state index in [1.807, 2.05) is 47.7 Å². The standard InChI is InChI=1S/C26H28FN3O4S/c1-29(15-17-7-9-22(32-2)19(27)12-17)16-26(31)30-21(14-20(28-30)25-6-5-11-35-25)18-8-10-23(33-3)24(13-18)34-4/h5-13,21H,14-16H2,1-4H3. The summed E-state index contributed by atoms with van der Waals surface area (Å²) < 4.78 is 29.9. The molecule has 9 heteroatoms. The first-order valence-corrected chi connectivity index (χ1v) is 12.0. The lowest BCUT2D eigenvalue weighted by atomic mass is 10.0. The van der Waals surface area contributed by atoms with E-state index in [9.17, 15) is 9.18 Å². The van der Waals surface area contributed by atoms with Crippen molar-refractivity contribution in [1.29, 1.82) is 0 Å². The zero-order chi connectivity index (χ0) is 24.9. The number of likely N-dealkylation sites (N-methyl/N-ethyl adjacent to an activating group) is 1. The predicted octanol–water partition coefficient (Wildman–Crippen LogP) is 4.72. The number of amides is 1. The number of benzene rings is 2. The van der Waals surface area contributed by atoms with Crippen LogP contribution in [0.2, 0.25) is 0 Å². The molecule has 0 fully saturated rings. The molecular weight excluding hydrogens is 469 g/mol. The highest BCUT2D eigenvalue weighted by Crippen LogP contribution is 2.38. The fraction of sp³-hybridized carbons (Fsp3) is 0.308. The summed E-state index contributed by atoms with van der Waals surface area (Å²) in [6.45, 7) is 0.529. The Labute approximate surface area is 208 Å². The predicted molar refractivity (Wildman–Crippen MR) is 134 cm³/mol. The van der Waals surface area contributed by atoms with Crippen LogP contribution in [0.1, 0.15) is 28.5 Å². The molecule has 4 rings (SSSR count). The van der Waals surface area contributed by atoms with E-state index in [1.165, 1.54) is 13.2 Å². The van der Waals surface area contributed by atoms with Crippen molar-refractivity contribution in [1.82, 2.24) is 9.91 Å². The van der Waals surface area contributed by atoms with E-state index < -0.39 is 5.82 Å². The van der Waals surface area contributed by atoms with E-state index in [0.29, 0.717) is 24.5 Å². The molecule has 0 saturated carbocycles. The van der Waals surface area contributed by atoms with Crippen LogP contribution in [0.25, 0.3) is 0 Å². The van der Waals surface area contributed by atoms with Crippen LogP contribution < -0.4 is 14.2 Å². The van der Waals surface area contributed by atoms with Crippen LogP contribution in [0, 0.1) is 5.82 Å². The molecule has 7 nitrogen and oxygen atoms in total. The Morgan fingerprint density at radius 2 is 1.83 bits per heavy atom. The van der Waals surface area contributed by atoms with Crippen LogP contribution in [0.3, 0.4) is 0 Å². The number of rotatable bonds is 9. The molecule has 1 aliphatic heterocycles. The molecule has 2 heterocycles. The quantitative estimate of drug-likeness (QED) is 0.428. The molecular formula is C26H28FN3O4S. The Kier molecular flexibility index (Phi) is 7.67. The lowest BCUT2D eigenvalue weighted by molar-refractivity contribution is -0.134. The molecule has 1 aliphatic rings. The second-order valence-electron chi connectivity index (χ2n) is 8.24. The highest BCUT2D eigenvalue weighted by atomic mass is 32.1. The van der Waals surface area contributed by atoms with Crippen molar-refractivity contribution in [2.75, 3.05) is 34.9 Å². The van der Waals surface area contributed by atoms with E-state index in [-0.39, 0.29) is 24.2 Å². The Bertz CT molecular complexity index is 1220. The largest absolute Gasteiger partial charge is 0.494 e. The minimum Gasteiger partial charge on any atom is -0.494 e. The van der Waals surface area contributed by atoms with Gasteiger partial charge in [0.15, 0.2) is 23.1 Å². The Morgan fingerprint density at radius 1 is 1.09 bits per heavy atom. The van der Waals surface area contributed by atoms with Gasteiger partial charge in [0.05, 0.1) is 44.5 Å². The van der Waals surface area contributed by atoms with Gasteiger partial charge in [-0.3, -0.25) is 9.69 Å². The zero-order valence-corrected chi connectivity index (χ0v) is 21.0. The van der Waals surface area contributed by atoms with Gasteiger partial charge in [-0.2, -0.15) is 5.10 Å². The summed E-state index contributed by atoms with van der Waals surface area (Å²) in [6, 6.07) is 14.2. The summed E-state index contributed by atoms with van der Waals surface area (Å²) in [7, 11) is 6.43. The maximum Gasteiger partial charge on any atom is 0.257 e. The second-order valence-corrected chi connectivity index (χ2v) is 9.19. The van der Waals surface area contributed by atoms with Crippen molar-refractivity contribution in [2.45, 2.75) is 19.0 Å². The van der Waals surface area contributed by atoms with Crippen LogP contribution in [-0.2, 0) is 11.3 Å². The van der Waals surface area contributed by atoms with Gasteiger partial charge in [0.25, 0.3) is 5.91 Å². The molecule has 3 aromatic rings. The normalized spacial score (nSPS) is 15.3. The molecule has 2 aromatic carbocycles. The number of halogens is 1. The van der Waals surface area contributed by atoms with Crippen molar-refractivity contribution in [3.05, 3.63) is 75.7 Å². The van der Waals surface area contributed by atoms with Gasteiger partial charge in [0.2, 0.25) is 0 Å². The summed E-state index contributed by atoms with van der Waals surface area (Å²) >= 11 is 1.60. The number of hydrogen-bond donors (Lipinski definition) is 0. The minimum atomic E-state index is -0.428. The molecule has 184 valence electrons. The van der Waals surface area contributed by atoms with Crippen LogP contribution >= 0.6 is 11.3 Å². The monoisotopic (exact) mass is 497 g/mol. The Hall–Kier alpha value is -3.43. The molecule has 1 unspecified atom stereocenters.